The van der Waals surface area contributed by atoms with Gasteiger partial charge in [0.25, 0.3) is 0 Å². The first-order valence-corrected chi connectivity index (χ1v) is 11.2. The Morgan fingerprint density at radius 3 is 2.66 bits per heavy atom. The van der Waals surface area contributed by atoms with E-state index in [-0.39, 0.29) is 18.1 Å². The van der Waals surface area contributed by atoms with Crippen LogP contribution < -0.4 is 10.2 Å². The van der Waals surface area contributed by atoms with Gasteiger partial charge in [-0.25, -0.2) is 9.78 Å². The van der Waals surface area contributed by atoms with Crippen LogP contribution in [-0.4, -0.2) is 68.0 Å². The van der Waals surface area contributed by atoms with E-state index in [9.17, 15) is 9.90 Å². The molecule has 170 valence electrons. The zero-order chi connectivity index (χ0) is 22.2. The summed E-state index contributed by atoms with van der Waals surface area (Å²) in [5.41, 5.74) is 1.69. The van der Waals surface area contributed by atoms with Crippen LogP contribution >= 0.6 is 0 Å². The maximum atomic E-state index is 11.8. The van der Waals surface area contributed by atoms with Gasteiger partial charge in [0.15, 0.2) is 5.82 Å². The molecule has 3 aliphatic heterocycles. The van der Waals surface area contributed by atoms with Crippen LogP contribution in [-0.2, 0) is 4.74 Å². The van der Waals surface area contributed by atoms with E-state index in [0.717, 1.165) is 55.7 Å². The van der Waals surface area contributed by atoms with Crippen molar-refractivity contribution in [1.29, 1.82) is 0 Å². The number of ether oxygens (including phenoxy) is 1. The first-order chi connectivity index (χ1) is 15.5. The number of aromatic amines is 1. The quantitative estimate of drug-likeness (QED) is 0.647. The zero-order valence-corrected chi connectivity index (χ0v) is 18.4. The van der Waals surface area contributed by atoms with E-state index in [0.29, 0.717) is 24.2 Å². The number of nitrogens with one attached hydrogen (secondary N) is 2. The maximum Gasteiger partial charge on any atom is 0.407 e. The molecule has 2 aromatic heterocycles. The minimum Gasteiger partial charge on any atom is -0.491 e. The molecule has 5 heterocycles. The third-order valence-corrected chi connectivity index (χ3v) is 6.67. The summed E-state index contributed by atoms with van der Waals surface area (Å²) in [4.78, 5) is 25.1. The normalized spacial score (nSPS) is 24.6. The Morgan fingerprint density at radius 2 is 2.03 bits per heavy atom. The standard InChI is InChI=1S/C22H29N7O3/c1-13-9-20(27-26-13)24-19-12-17(18-7-4-8-32-18)23-21(25-19)28(2)16-10-14-5-3-6-15(11-16)29(14)22(30)31/h7,9,12,14-16H,3-6,8,10-11H2,1-2H3,(H,30,31)(H2,23,24,25,26,27)/t14-,15+,16+. The van der Waals surface area contributed by atoms with Crippen molar-refractivity contribution in [3.05, 3.63) is 29.6 Å². The highest BCUT2D eigenvalue weighted by molar-refractivity contribution is 5.67. The molecule has 0 aliphatic carbocycles. The third-order valence-electron chi connectivity index (χ3n) is 6.67. The van der Waals surface area contributed by atoms with Gasteiger partial charge in [0.2, 0.25) is 5.95 Å². The molecule has 3 aliphatic rings. The summed E-state index contributed by atoms with van der Waals surface area (Å²) in [5.74, 6) is 2.69. The van der Waals surface area contributed by atoms with Crippen molar-refractivity contribution in [2.24, 2.45) is 0 Å². The zero-order valence-electron chi connectivity index (χ0n) is 18.4. The van der Waals surface area contributed by atoms with Crippen LogP contribution in [0.3, 0.4) is 0 Å². The van der Waals surface area contributed by atoms with E-state index in [1.165, 1.54) is 0 Å². The van der Waals surface area contributed by atoms with E-state index in [1.807, 2.05) is 32.2 Å². The van der Waals surface area contributed by atoms with Gasteiger partial charge in [-0.15, -0.1) is 0 Å². The first-order valence-electron chi connectivity index (χ1n) is 11.2. The number of rotatable bonds is 5. The van der Waals surface area contributed by atoms with Crippen LogP contribution in [0.15, 0.2) is 18.2 Å². The number of carbonyl (C=O) groups is 1. The van der Waals surface area contributed by atoms with Crippen molar-refractivity contribution in [3.63, 3.8) is 0 Å². The Bertz CT molecular complexity index is 1020. The molecule has 10 nitrogen and oxygen atoms in total. The molecule has 0 unspecified atom stereocenters. The molecule has 2 saturated heterocycles. The number of fused-ring (bicyclic) bond motifs is 2. The summed E-state index contributed by atoms with van der Waals surface area (Å²) >= 11 is 0. The molecule has 2 aromatic rings. The highest BCUT2D eigenvalue weighted by Gasteiger charge is 2.42. The van der Waals surface area contributed by atoms with Gasteiger partial charge in [0.1, 0.15) is 17.3 Å². The predicted molar refractivity (Wildman–Crippen MR) is 120 cm³/mol. The lowest BCUT2D eigenvalue weighted by molar-refractivity contribution is 0.0351. The predicted octanol–water partition coefficient (Wildman–Crippen LogP) is 3.51. The molecule has 2 bridgehead atoms. The van der Waals surface area contributed by atoms with E-state index in [2.05, 4.69) is 20.4 Å². The van der Waals surface area contributed by atoms with Gasteiger partial charge in [-0.2, -0.15) is 10.1 Å². The van der Waals surface area contributed by atoms with Crippen LogP contribution in [0.5, 0.6) is 0 Å². The number of aryl methyl sites for hydroxylation is 1. The lowest BCUT2D eigenvalue weighted by Crippen LogP contribution is -2.58. The van der Waals surface area contributed by atoms with Crippen LogP contribution in [0.25, 0.3) is 5.76 Å². The number of hydrogen-bond acceptors (Lipinski definition) is 7. The molecule has 3 N–H and O–H groups in total. The Kier molecular flexibility index (Phi) is 5.36. The monoisotopic (exact) mass is 439 g/mol. The minimum atomic E-state index is -0.801. The fraction of sp³-hybridized carbons (Fsp3) is 0.545. The van der Waals surface area contributed by atoms with Crippen LogP contribution in [0, 0.1) is 6.92 Å². The van der Waals surface area contributed by atoms with Crippen molar-refractivity contribution in [2.75, 3.05) is 23.9 Å². The molecular formula is C22H29N7O3. The summed E-state index contributed by atoms with van der Waals surface area (Å²) in [6.07, 6.45) is 6.60. The van der Waals surface area contributed by atoms with Crippen molar-refractivity contribution in [2.45, 2.75) is 63.6 Å². The van der Waals surface area contributed by atoms with E-state index >= 15 is 0 Å². The number of anilines is 3. The molecule has 32 heavy (non-hydrogen) atoms. The molecular weight excluding hydrogens is 410 g/mol. The average Bonchev–Trinajstić information content (AvgIpc) is 3.44. The van der Waals surface area contributed by atoms with Gasteiger partial charge in [-0.05, 0) is 45.1 Å². The lowest BCUT2D eigenvalue weighted by Gasteiger charge is -2.49. The minimum absolute atomic E-state index is 0.0566. The molecule has 0 spiro atoms. The molecule has 5 rings (SSSR count). The molecule has 10 heteroatoms. The summed E-state index contributed by atoms with van der Waals surface area (Å²) in [5, 5.41) is 20.1. The van der Waals surface area contributed by atoms with Crippen molar-refractivity contribution in [3.8, 4) is 0 Å². The van der Waals surface area contributed by atoms with Crippen LogP contribution in [0.2, 0.25) is 0 Å². The summed E-state index contributed by atoms with van der Waals surface area (Å²) in [6, 6.07) is 4.08. The third kappa shape index (κ3) is 3.96. The topological polar surface area (TPSA) is 120 Å². The van der Waals surface area contributed by atoms with Crippen LogP contribution in [0.1, 0.15) is 49.9 Å². The molecule has 0 saturated carbocycles. The van der Waals surface area contributed by atoms with Gasteiger partial charge >= 0.3 is 6.09 Å². The second kappa shape index (κ2) is 8.33. The SMILES string of the molecule is Cc1cc(Nc2cc(C3=CCCO3)nc(N(C)[C@H]3C[C@H]4CCC[C@@H](C3)N4C(=O)O)n2)n[nH]1. The molecule has 0 radical (unpaired) electrons. The molecule has 3 atom stereocenters. The van der Waals surface area contributed by atoms with Gasteiger partial charge in [0, 0.05) is 49.4 Å². The number of piperidine rings is 2. The highest BCUT2D eigenvalue weighted by Crippen LogP contribution is 2.37. The van der Waals surface area contributed by atoms with E-state index < -0.39 is 6.09 Å². The smallest absolute Gasteiger partial charge is 0.407 e. The Morgan fingerprint density at radius 1 is 1.25 bits per heavy atom. The van der Waals surface area contributed by atoms with Crippen molar-refractivity contribution in [1.82, 2.24) is 25.1 Å². The number of aromatic nitrogens is 4. The number of hydrogen-bond donors (Lipinski definition) is 3. The lowest BCUT2D eigenvalue weighted by atomic mass is 9.81. The van der Waals surface area contributed by atoms with Crippen molar-refractivity contribution >= 4 is 29.4 Å². The Labute approximate surface area is 186 Å². The second-order valence-corrected chi connectivity index (χ2v) is 8.87. The van der Waals surface area contributed by atoms with Gasteiger partial charge in [-0.1, -0.05) is 0 Å². The Balaban J connectivity index is 1.43. The molecule has 1 amide bonds. The van der Waals surface area contributed by atoms with Crippen LogP contribution in [0.4, 0.5) is 22.4 Å². The van der Waals surface area contributed by atoms with Gasteiger partial charge in [-0.3, -0.25) is 5.10 Å². The number of H-pyrrole nitrogens is 1. The largest absolute Gasteiger partial charge is 0.491 e. The number of carboxylic acid groups (broad SMARTS) is 1. The summed E-state index contributed by atoms with van der Waals surface area (Å²) < 4.78 is 5.76. The maximum absolute atomic E-state index is 11.8. The summed E-state index contributed by atoms with van der Waals surface area (Å²) in [7, 11) is 2.00. The van der Waals surface area contributed by atoms with Crippen molar-refractivity contribution < 1.29 is 14.6 Å². The average molecular weight is 440 g/mol. The van der Waals surface area contributed by atoms with E-state index in [1.54, 1.807) is 4.90 Å². The fourth-order valence-corrected chi connectivity index (χ4v) is 5.14. The van der Waals surface area contributed by atoms with Gasteiger partial charge in [0.05, 0.1) is 6.61 Å². The second-order valence-electron chi connectivity index (χ2n) is 8.87. The highest BCUT2D eigenvalue weighted by atomic mass is 16.5. The first kappa shape index (κ1) is 20.6. The number of nitrogens with zero attached hydrogens (tertiary/aromatic N) is 5. The molecule has 2 fully saturated rings. The van der Waals surface area contributed by atoms with E-state index in [4.69, 9.17) is 14.7 Å². The van der Waals surface area contributed by atoms with Gasteiger partial charge < -0.3 is 25.0 Å². The number of amides is 1. The molecule has 0 aromatic carbocycles. The summed E-state index contributed by atoms with van der Waals surface area (Å²) in [6.45, 7) is 2.60. The Hall–Kier alpha value is -3.30. The fourth-order valence-electron chi connectivity index (χ4n) is 5.14.